The third kappa shape index (κ3) is 3.20. The van der Waals surface area contributed by atoms with Crippen molar-refractivity contribution in [2.75, 3.05) is 11.9 Å². The molecular weight excluding hydrogens is 349 g/mol. The summed E-state index contributed by atoms with van der Waals surface area (Å²) in [4.78, 5) is 38.1. The van der Waals surface area contributed by atoms with Crippen molar-refractivity contribution in [1.29, 1.82) is 0 Å². The van der Waals surface area contributed by atoms with Gasteiger partial charge >= 0.3 is 6.03 Å². The second-order valence-electron chi connectivity index (χ2n) is 6.61. The Morgan fingerprint density at radius 1 is 1.44 bits per heavy atom. The average molecular weight is 368 g/mol. The van der Waals surface area contributed by atoms with E-state index in [-0.39, 0.29) is 22.5 Å². The summed E-state index contributed by atoms with van der Waals surface area (Å²) in [5.41, 5.74) is -1.01. The number of hydrogen-bond donors (Lipinski definition) is 2. The van der Waals surface area contributed by atoms with Gasteiger partial charge in [-0.3, -0.25) is 14.5 Å². The van der Waals surface area contributed by atoms with Gasteiger partial charge in [0, 0.05) is 5.02 Å². The molecule has 25 heavy (non-hydrogen) atoms. The third-order valence-electron chi connectivity index (χ3n) is 5.01. The van der Waals surface area contributed by atoms with E-state index in [1.807, 2.05) is 6.92 Å². The Kier molecular flexibility index (Phi) is 4.69. The smallest absolute Gasteiger partial charge is 0.323 e. The maximum atomic E-state index is 13.7. The van der Waals surface area contributed by atoms with E-state index < -0.39 is 29.8 Å². The molecular formula is C17H19ClFN3O3. The Bertz CT molecular complexity index is 742. The van der Waals surface area contributed by atoms with Crippen LogP contribution >= 0.6 is 11.6 Å². The standard InChI is InChI=1S/C17H19ClFN3O3/c1-10-4-2-3-7-17(10)15(24)22(16(25)21-17)9-14(23)20-13-8-11(18)5-6-12(13)19/h5-6,8,10H,2-4,7,9H2,1H3,(H,20,23)(H,21,25). The summed E-state index contributed by atoms with van der Waals surface area (Å²) in [6.45, 7) is 1.47. The minimum absolute atomic E-state index is 0.0103. The van der Waals surface area contributed by atoms with Crippen LogP contribution in [0.2, 0.25) is 5.02 Å². The number of nitrogens with zero attached hydrogens (tertiary/aromatic N) is 1. The Morgan fingerprint density at radius 2 is 2.20 bits per heavy atom. The molecule has 4 amide bonds. The van der Waals surface area contributed by atoms with Crippen molar-refractivity contribution >= 4 is 35.1 Å². The first-order valence-corrected chi connectivity index (χ1v) is 8.60. The molecule has 3 rings (SSSR count). The summed E-state index contributed by atoms with van der Waals surface area (Å²) in [5.74, 6) is -1.68. The van der Waals surface area contributed by atoms with Gasteiger partial charge in [0.05, 0.1) is 5.69 Å². The van der Waals surface area contributed by atoms with Crippen LogP contribution in [-0.4, -0.2) is 34.8 Å². The lowest BCUT2D eigenvalue weighted by Gasteiger charge is -2.36. The molecule has 134 valence electrons. The summed E-state index contributed by atoms with van der Waals surface area (Å²) in [6.07, 6.45) is 3.28. The Hall–Kier alpha value is -2.15. The first-order valence-electron chi connectivity index (χ1n) is 8.22. The lowest BCUT2D eigenvalue weighted by Crippen LogP contribution is -2.54. The van der Waals surface area contributed by atoms with Gasteiger partial charge in [0.25, 0.3) is 5.91 Å². The van der Waals surface area contributed by atoms with Crippen molar-refractivity contribution in [2.45, 2.75) is 38.1 Å². The lowest BCUT2D eigenvalue weighted by molar-refractivity contribution is -0.136. The predicted octanol–water partition coefficient (Wildman–Crippen LogP) is 2.92. The van der Waals surface area contributed by atoms with Gasteiger partial charge in [-0.1, -0.05) is 31.4 Å². The number of carbonyl (C=O) groups excluding carboxylic acids is 3. The first kappa shape index (κ1) is 17.7. The number of benzene rings is 1. The molecule has 0 aromatic heterocycles. The van der Waals surface area contributed by atoms with Gasteiger partial charge < -0.3 is 10.6 Å². The van der Waals surface area contributed by atoms with E-state index in [1.165, 1.54) is 12.1 Å². The van der Waals surface area contributed by atoms with Crippen molar-refractivity contribution in [3.8, 4) is 0 Å². The van der Waals surface area contributed by atoms with Gasteiger partial charge in [-0.15, -0.1) is 0 Å². The molecule has 1 spiro atoms. The molecule has 6 nitrogen and oxygen atoms in total. The summed E-state index contributed by atoms with van der Waals surface area (Å²) in [5, 5.41) is 5.39. The van der Waals surface area contributed by atoms with Crippen LogP contribution in [0.15, 0.2) is 18.2 Å². The Labute approximate surface area is 149 Å². The molecule has 1 aromatic rings. The molecule has 0 radical (unpaired) electrons. The minimum atomic E-state index is -0.920. The molecule has 2 unspecified atom stereocenters. The zero-order valence-electron chi connectivity index (χ0n) is 13.8. The monoisotopic (exact) mass is 367 g/mol. The van der Waals surface area contributed by atoms with E-state index in [0.717, 1.165) is 30.2 Å². The van der Waals surface area contributed by atoms with Crippen LogP contribution in [0.4, 0.5) is 14.9 Å². The van der Waals surface area contributed by atoms with Crippen LogP contribution in [0, 0.1) is 11.7 Å². The molecule has 1 aliphatic carbocycles. The van der Waals surface area contributed by atoms with Crippen LogP contribution in [0.1, 0.15) is 32.6 Å². The van der Waals surface area contributed by atoms with E-state index in [9.17, 15) is 18.8 Å². The lowest BCUT2D eigenvalue weighted by atomic mass is 9.73. The number of hydrogen-bond acceptors (Lipinski definition) is 3. The fraction of sp³-hybridized carbons (Fsp3) is 0.471. The van der Waals surface area contributed by atoms with Gasteiger partial charge in [0.2, 0.25) is 5.91 Å². The first-order chi connectivity index (χ1) is 11.8. The number of anilines is 1. The molecule has 2 N–H and O–H groups in total. The molecule has 2 fully saturated rings. The van der Waals surface area contributed by atoms with E-state index in [4.69, 9.17) is 11.6 Å². The van der Waals surface area contributed by atoms with Crippen molar-refractivity contribution in [2.24, 2.45) is 5.92 Å². The highest BCUT2D eigenvalue weighted by atomic mass is 35.5. The number of halogens is 2. The van der Waals surface area contributed by atoms with Crippen LogP contribution in [-0.2, 0) is 9.59 Å². The number of imide groups is 1. The maximum absolute atomic E-state index is 13.7. The van der Waals surface area contributed by atoms with Gasteiger partial charge in [0.15, 0.2) is 0 Å². The van der Waals surface area contributed by atoms with E-state index >= 15 is 0 Å². The SMILES string of the molecule is CC1CCCCC12NC(=O)N(CC(=O)Nc1cc(Cl)ccc1F)C2=O. The van der Waals surface area contributed by atoms with Crippen molar-refractivity contribution in [3.05, 3.63) is 29.0 Å². The van der Waals surface area contributed by atoms with Gasteiger partial charge in [0.1, 0.15) is 17.9 Å². The fourth-order valence-corrected chi connectivity index (χ4v) is 3.74. The fourth-order valence-electron chi connectivity index (χ4n) is 3.57. The normalized spacial score (nSPS) is 26.0. The van der Waals surface area contributed by atoms with Crippen LogP contribution in [0.5, 0.6) is 0 Å². The molecule has 2 atom stereocenters. The highest BCUT2D eigenvalue weighted by Gasteiger charge is 2.55. The molecule has 2 aliphatic rings. The predicted molar refractivity (Wildman–Crippen MR) is 90.6 cm³/mol. The van der Waals surface area contributed by atoms with Gasteiger partial charge in [-0.05, 0) is 37.0 Å². The van der Waals surface area contributed by atoms with E-state index in [2.05, 4.69) is 10.6 Å². The Morgan fingerprint density at radius 3 is 2.92 bits per heavy atom. The summed E-state index contributed by atoms with van der Waals surface area (Å²) >= 11 is 5.78. The molecule has 1 heterocycles. The van der Waals surface area contributed by atoms with Crippen molar-refractivity contribution in [1.82, 2.24) is 10.2 Å². The number of amides is 4. The van der Waals surface area contributed by atoms with Crippen LogP contribution in [0.25, 0.3) is 0 Å². The summed E-state index contributed by atoms with van der Waals surface area (Å²) < 4.78 is 13.7. The average Bonchev–Trinajstić information content (AvgIpc) is 2.79. The number of nitrogens with one attached hydrogen (secondary N) is 2. The van der Waals surface area contributed by atoms with Crippen molar-refractivity contribution in [3.63, 3.8) is 0 Å². The summed E-state index contributed by atoms with van der Waals surface area (Å²) in [7, 11) is 0. The molecule has 8 heteroatoms. The summed E-state index contributed by atoms with van der Waals surface area (Å²) in [6, 6.07) is 3.17. The largest absolute Gasteiger partial charge is 0.325 e. The van der Waals surface area contributed by atoms with Gasteiger partial charge in [-0.2, -0.15) is 0 Å². The number of urea groups is 1. The van der Waals surface area contributed by atoms with Crippen LogP contribution in [0.3, 0.4) is 0 Å². The topological polar surface area (TPSA) is 78.5 Å². The number of rotatable bonds is 3. The molecule has 0 bridgehead atoms. The third-order valence-corrected chi connectivity index (χ3v) is 5.24. The highest BCUT2D eigenvalue weighted by Crippen LogP contribution is 2.38. The van der Waals surface area contributed by atoms with Crippen molar-refractivity contribution < 1.29 is 18.8 Å². The Balaban J connectivity index is 1.72. The second kappa shape index (κ2) is 6.63. The molecule has 1 aliphatic heterocycles. The maximum Gasteiger partial charge on any atom is 0.325 e. The molecule has 1 saturated carbocycles. The van der Waals surface area contributed by atoms with Crippen LogP contribution < -0.4 is 10.6 Å². The zero-order valence-corrected chi connectivity index (χ0v) is 14.5. The second-order valence-corrected chi connectivity index (χ2v) is 7.05. The van der Waals surface area contributed by atoms with E-state index in [1.54, 1.807) is 0 Å². The molecule has 1 saturated heterocycles. The van der Waals surface area contributed by atoms with Gasteiger partial charge in [-0.25, -0.2) is 9.18 Å². The number of carbonyl (C=O) groups is 3. The zero-order chi connectivity index (χ0) is 18.2. The quantitative estimate of drug-likeness (QED) is 0.806. The minimum Gasteiger partial charge on any atom is -0.323 e. The van der Waals surface area contributed by atoms with E-state index in [0.29, 0.717) is 6.42 Å². The highest BCUT2D eigenvalue weighted by molar-refractivity contribution is 6.30. The molecule has 1 aromatic carbocycles.